The van der Waals surface area contributed by atoms with Crippen LogP contribution in [0.25, 0.3) is 0 Å². The zero-order valence-corrected chi connectivity index (χ0v) is 9.67. The van der Waals surface area contributed by atoms with E-state index in [-0.39, 0.29) is 6.54 Å². The van der Waals surface area contributed by atoms with Gasteiger partial charge in [-0.15, -0.1) is 11.8 Å². The fourth-order valence-corrected chi connectivity index (χ4v) is 2.08. The van der Waals surface area contributed by atoms with Crippen molar-refractivity contribution in [2.24, 2.45) is 5.73 Å². The van der Waals surface area contributed by atoms with Crippen LogP contribution < -0.4 is 5.73 Å². The molecular formula is C11H15NO2S. The normalized spacial score (nSPS) is 12.5. The van der Waals surface area contributed by atoms with E-state index in [1.807, 2.05) is 31.4 Å². The highest BCUT2D eigenvalue weighted by molar-refractivity contribution is 7.98. The third kappa shape index (κ3) is 2.73. The minimum absolute atomic E-state index is 0.131. The van der Waals surface area contributed by atoms with Gasteiger partial charge in [0.25, 0.3) is 0 Å². The van der Waals surface area contributed by atoms with Gasteiger partial charge in [-0.1, -0.05) is 12.1 Å². The van der Waals surface area contributed by atoms with Crippen LogP contribution in [0.4, 0.5) is 0 Å². The summed E-state index contributed by atoms with van der Waals surface area (Å²) in [5.41, 5.74) is 7.39. The third-order valence-corrected chi connectivity index (χ3v) is 3.25. The van der Waals surface area contributed by atoms with E-state index in [0.29, 0.717) is 0 Å². The van der Waals surface area contributed by atoms with E-state index in [0.717, 1.165) is 16.0 Å². The highest BCUT2D eigenvalue weighted by Gasteiger charge is 2.18. The van der Waals surface area contributed by atoms with Crippen molar-refractivity contribution in [1.29, 1.82) is 0 Å². The molecule has 4 heteroatoms. The Hall–Kier alpha value is -1.00. The van der Waals surface area contributed by atoms with E-state index in [9.17, 15) is 4.79 Å². The summed E-state index contributed by atoms with van der Waals surface area (Å²) in [4.78, 5) is 12.0. The van der Waals surface area contributed by atoms with Crippen LogP contribution >= 0.6 is 11.8 Å². The average Bonchev–Trinajstić information content (AvgIpc) is 2.21. The molecule has 1 aromatic carbocycles. The summed E-state index contributed by atoms with van der Waals surface area (Å²) >= 11 is 1.62. The summed E-state index contributed by atoms with van der Waals surface area (Å²) in [6, 6.07) is 5.68. The molecule has 3 N–H and O–H groups in total. The molecule has 0 aliphatic carbocycles. The Kier molecular flexibility index (Phi) is 4.17. The molecule has 3 nitrogen and oxygen atoms in total. The van der Waals surface area contributed by atoms with Crippen LogP contribution in [0.2, 0.25) is 0 Å². The van der Waals surface area contributed by atoms with Crippen molar-refractivity contribution in [3.05, 3.63) is 29.3 Å². The van der Waals surface area contributed by atoms with Crippen molar-refractivity contribution in [2.75, 3.05) is 12.8 Å². The number of thioether (sulfide) groups is 1. The Bertz CT molecular complexity index is 366. The monoisotopic (exact) mass is 225 g/mol. The van der Waals surface area contributed by atoms with E-state index in [2.05, 4.69) is 0 Å². The summed E-state index contributed by atoms with van der Waals surface area (Å²) in [5, 5.41) is 8.97. The Morgan fingerprint density at radius 3 is 2.73 bits per heavy atom. The molecule has 0 amide bonds. The minimum Gasteiger partial charge on any atom is -0.481 e. The van der Waals surface area contributed by atoms with Crippen molar-refractivity contribution in [1.82, 2.24) is 0 Å². The number of nitrogens with two attached hydrogens (primary N) is 1. The van der Waals surface area contributed by atoms with Crippen molar-refractivity contribution < 1.29 is 9.90 Å². The maximum atomic E-state index is 10.9. The first kappa shape index (κ1) is 12.1. The standard InChI is InChI=1S/C11H15NO2S/c1-7-3-4-8(5-10(7)15-2)9(6-12)11(13)14/h3-5,9H,6,12H2,1-2H3,(H,13,14). The second-order valence-electron chi connectivity index (χ2n) is 3.36. The molecule has 0 fully saturated rings. The number of rotatable bonds is 4. The number of hydrogen-bond donors (Lipinski definition) is 2. The van der Waals surface area contributed by atoms with Gasteiger partial charge in [0, 0.05) is 11.4 Å². The Balaban J connectivity index is 3.09. The summed E-state index contributed by atoms with van der Waals surface area (Å²) in [7, 11) is 0. The second-order valence-corrected chi connectivity index (χ2v) is 4.20. The molecule has 0 radical (unpaired) electrons. The van der Waals surface area contributed by atoms with E-state index >= 15 is 0 Å². The van der Waals surface area contributed by atoms with Crippen LogP contribution in [0.1, 0.15) is 17.0 Å². The molecule has 15 heavy (non-hydrogen) atoms. The largest absolute Gasteiger partial charge is 0.481 e. The predicted molar refractivity (Wildman–Crippen MR) is 62.4 cm³/mol. The fourth-order valence-electron chi connectivity index (χ4n) is 1.43. The van der Waals surface area contributed by atoms with Gasteiger partial charge in [0.2, 0.25) is 0 Å². The zero-order valence-electron chi connectivity index (χ0n) is 8.86. The lowest BCUT2D eigenvalue weighted by atomic mass is 9.98. The number of carboxylic acid groups (broad SMARTS) is 1. The second kappa shape index (κ2) is 5.19. The molecule has 0 aromatic heterocycles. The predicted octanol–water partition coefficient (Wildman–Crippen LogP) is 1.84. The molecule has 1 rings (SSSR count). The maximum absolute atomic E-state index is 10.9. The van der Waals surface area contributed by atoms with Gasteiger partial charge in [0.15, 0.2) is 0 Å². The molecule has 0 saturated heterocycles. The van der Waals surface area contributed by atoms with Crippen LogP contribution in [0.15, 0.2) is 23.1 Å². The smallest absolute Gasteiger partial charge is 0.312 e. The average molecular weight is 225 g/mol. The molecule has 0 bridgehead atoms. The number of aryl methyl sites for hydroxylation is 1. The van der Waals surface area contributed by atoms with Gasteiger partial charge in [0.05, 0.1) is 5.92 Å². The lowest BCUT2D eigenvalue weighted by Gasteiger charge is -2.12. The molecule has 0 saturated carbocycles. The van der Waals surface area contributed by atoms with Crippen molar-refractivity contribution in [2.45, 2.75) is 17.7 Å². The van der Waals surface area contributed by atoms with E-state index < -0.39 is 11.9 Å². The Labute approximate surface area is 93.7 Å². The van der Waals surface area contributed by atoms with E-state index in [1.165, 1.54) is 0 Å². The molecule has 0 aliphatic rings. The maximum Gasteiger partial charge on any atom is 0.312 e. The van der Waals surface area contributed by atoms with Gasteiger partial charge in [0.1, 0.15) is 0 Å². The van der Waals surface area contributed by atoms with Gasteiger partial charge in [-0.05, 0) is 30.4 Å². The fraction of sp³-hybridized carbons (Fsp3) is 0.364. The Morgan fingerprint density at radius 1 is 1.60 bits per heavy atom. The van der Waals surface area contributed by atoms with E-state index in [4.69, 9.17) is 10.8 Å². The topological polar surface area (TPSA) is 63.3 Å². The summed E-state index contributed by atoms with van der Waals surface area (Å²) in [6.45, 7) is 2.14. The quantitative estimate of drug-likeness (QED) is 0.767. The molecular weight excluding hydrogens is 210 g/mol. The number of hydrogen-bond acceptors (Lipinski definition) is 3. The molecule has 82 valence electrons. The van der Waals surface area contributed by atoms with Gasteiger partial charge < -0.3 is 10.8 Å². The first-order valence-electron chi connectivity index (χ1n) is 4.67. The SMILES string of the molecule is CSc1cc(C(CN)C(=O)O)ccc1C. The van der Waals surface area contributed by atoms with Crippen LogP contribution in [0, 0.1) is 6.92 Å². The first-order valence-corrected chi connectivity index (χ1v) is 5.90. The first-order chi connectivity index (χ1) is 7.10. The number of benzene rings is 1. The Morgan fingerprint density at radius 2 is 2.27 bits per heavy atom. The lowest BCUT2D eigenvalue weighted by molar-refractivity contribution is -0.138. The van der Waals surface area contributed by atoms with Crippen LogP contribution in [0.3, 0.4) is 0 Å². The van der Waals surface area contributed by atoms with Crippen molar-refractivity contribution in [3.8, 4) is 0 Å². The molecule has 1 unspecified atom stereocenters. The lowest BCUT2D eigenvalue weighted by Crippen LogP contribution is -2.21. The molecule has 0 heterocycles. The highest BCUT2D eigenvalue weighted by atomic mass is 32.2. The number of carboxylic acids is 1. The summed E-state index contributed by atoms with van der Waals surface area (Å²) in [6.07, 6.45) is 1.98. The van der Waals surface area contributed by atoms with Crippen LogP contribution in [0.5, 0.6) is 0 Å². The number of aliphatic carboxylic acids is 1. The third-order valence-electron chi connectivity index (χ3n) is 2.37. The van der Waals surface area contributed by atoms with Gasteiger partial charge >= 0.3 is 5.97 Å². The molecule has 0 spiro atoms. The molecule has 1 aromatic rings. The van der Waals surface area contributed by atoms with E-state index in [1.54, 1.807) is 11.8 Å². The van der Waals surface area contributed by atoms with Gasteiger partial charge in [-0.3, -0.25) is 4.79 Å². The highest BCUT2D eigenvalue weighted by Crippen LogP contribution is 2.25. The van der Waals surface area contributed by atoms with Crippen molar-refractivity contribution >= 4 is 17.7 Å². The number of carbonyl (C=O) groups is 1. The summed E-state index contributed by atoms with van der Waals surface area (Å²) in [5.74, 6) is -1.47. The van der Waals surface area contributed by atoms with Crippen LogP contribution in [-0.2, 0) is 4.79 Å². The van der Waals surface area contributed by atoms with Gasteiger partial charge in [-0.25, -0.2) is 0 Å². The summed E-state index contributed by atoms with van der Waals surface area (Å²) < 4.78 is 0. The molecule has 1 atom stereocenters. The van der Waals surface area contributed by atoms with Crippen molar-refractivity contribution in [3.63, 3.8) is 0 Å². The van der Waals surface area contributed by atoms with Crippen LogP contribution in [-0.4, -0.2) is 23.9 Å². The molecule has 0 aliphatic heterocycles. The minimum atomic E-state index is -0.867. The zero-order chi connectivity index (χ0) is 11.4. The van der Waals surface area contributed by atoms with Gasteiger partial charge in [-0.2, -0.15) is 0 Å².